The van der Waals surface area contributed by atoms with Crippen LogP contribution in [0.1, 0.15) is 41.0 Å². The van der Waals surface area contributed by atoms with E-state index in [2.05, 4.69) is 10.4 Å². The van der Waals surface area contributed by atoms with E-state index in [-0.39, 0.29) is 30.2 Å². The molecule has 2 aliphatic heterocycles. The highest BCUT2D eigenvalue weighted by Crippen LogP contribution is 2.24. The number of rotatable bonds is 3. The number of carbonyl (C=O) groups excluding carboxylic acids is 1. The van der Waals surface area contributed by atoms with E-state index in [0.29, 0.717) is 31.4 Å². The minimum atomic E-state index is -0.278. The lowest BCUT2D eigenvalue weighted by Crippen LogP contribution is -2.42. The van der Waals surface area contributed by atoms with Crippen LogP contribution in [0.25, 0.3) is 0 Å². The van der Waals surface area contributed by atoms with Crippen LogP contribution < -0.4 is 5.32 Å². The van der Waals surface area contributed by atoms with E-state index in [9.17, 15) is 9.18 Å². The number of ether oxygens (including phenoxy) is 1. The highest BCUT2D eigenvalue weighted by atomic mass is 35.5. The Labute approximate surface area is 164 Å². The van der Waals surface area contributed by atoms with Gasteiger partial charge in [-0.3, -0.25) is 9.48 Å². The first-order valence-corrected chi connectivity index (χ1v) is 9.13. The maximum Gasteiger partial charge on any atom is 0.274 e. The lowest BCUT2D eigenvalue weighted by atomic mass is 10.1. The van der Waals surface area contributed by atoms with Crippen molar-refractivity contribution in [3.8, 4) is 0 Å². The van der Waals surface area contributed by atoms with Crippen molar-refractivity contribution >= 4 is 18.3 Å². The maximum absolute atomic E-state index is 13.1. The van der Waals surface area contributed by atoms with E-state index >= 15 is 0 Å². The predicted octanol–water partition coefficient (Wildman–Crippen LogP) is 2.58. The normalized spacial score (nSPS) is 22.9. The predicted molar refractivity (Wildman–Crippen MR) is 102 cm³/mol. The largest absolute Gasteiger partial charge is 0.370 e. The van der Waals surface area contributed by atoms with Crippen molar-refractivity contribution in [1.82, 2.24) is 20.0 Å². The molecule has 0 aliphatic carbocycles. The monoisotopic (exact) mass is 394 g/mol. The van der Waals surface area contributed by atoms with Crippen LogP contribution in [0.2, 0.25) is 0 Å². The van der Waals surface area contributed by atoms with Gasteiger partial charge in [0.15, 0.2) is 0 Å². The van der Waals surface area contributed by atoms with Gasteiger partial charge in [0.05, 0.1) is 19.2 Å². The first-order valence-electron chi connectivity index (χ1n) is 9.13. The molecule has 1 aromatic carbocycles. The van der Waals surface area contributed by atoms with Gasteiger partial charge in [0.2, 0.25) is 0 Å². The lowest BCUT2D eigenvalue weighted by molar-refractivity contribution is -0.0230. The van der Waals surface area contributed by atoms with Gasteiger partial charge >= 0.3 is 0 Å². The van der Waals surface area contributed by atoms with Crippen molar-refractivity contribution in [2.45, 2.75) is 25.0 Å². The number of nitrogens with zero attached hydrogens (tertiary/aromatic N) is 3. The van der Waals surface area contributed by atoms with Crippen LogP contribution in [0.4, 0.5) is 4.39 Å². The summed E-state index contributed by atoms with van der Waals surface area (Å²) in [5, 5.41) is 7.88. The number of carbonyl (C=O) groups is 1. The second kappa shape index (κ2) is 8.82. The zero-order valence-corrected chi connectivity index (χ0v) is 15.8. The Morgan fingerprint density at radius 2 is 2.07 bits per heavy atom. The Balaban J connectivity index is 0.00000210. The first-order chi connectivity index (χ1) is 12.7. The number of hydrogen-bond donors (Lipinski definition) is 1. The lowest BCUT2D eigenvalue weighted by Gasteiger charge is -2.32. The van der Waals surface area contributed by atoms with Gasteiger partial charge in [0, 0.05) is 19.3 Å². The second-order valence-corrected chi connectivity index (χ2v) is 6.84. The van der Waals surface area contributed by atoms with Crippen LogP contribution in [0, 0.1) is 5.82 Å². The van der Waals surface area contributed by atoms with Gasteiger partial charge in [-0.25, -0.2) is 4.39 Å². The molecule has 1 N–H and O–H groups in total. The molecule has 0 saturated carbocycles. The Bertz CT molecular complexity index is 761. The molecule has 146 valence electrons. The molecule has 4 rings (SSSR count). The molecule has 0 radical (unpaired) electrons. The average Bonchev–Trinajstić information content (AvgIpc) is 3.19. The SMILES string of the molecule is Cl.O=C(c1ccn(C2CCCNC2)n1)N1CCOC(c2ccc(F)cc2)C1. The molecule has 1 aromatic heterocycles. The third kappa shape index (κ3) is 4.48. The van der Waals surface area contributed by atoms with Gasteiger partial charge in [-0.15, -0.1) is 12.4 Å². The van der Waals surface area contributed by atoms with Crippen molar-refractivity contribution in [1.29, 1.82) is 0 Å². The molecule has 1 amide bonds. The molecule has 2 aromatic rings. The summed E-state index contributed by atoms with van der Waals surface area (Å²) in [4.78, 5) is 14.6. The number of nitrogens with one attached hydrogen (secondary N) is 1. The summed E-state index contributed by atoms with van der Waals surface area (Å²) in [5.41, 5.74) is 1.35. The molecule has 27 heavy (non-hydrogen) atoms. The number of benzene rings is 1. The summed E-state index contributed by atoms with van der Waals surface area (Å²) in [5.74, 6) is -0.358. The van der Waals surface area contributed by atoms with Crippen molar-refractivity contribution in [2.75, 3.05) is 32.8 Å². The van der Waals surface area contributed by atoms with Crippen molar-refractivity contribution in [3.63, 3.8) is 0 Å². The topological polar surface area (TPSA) is 59.4 Å². The van der Waals surface area contributed by atoms with E-state index in [4.69, 9.17) is 4.74 Å². The highest BCUT2D eigenvalue weighted by molar-refractivity contribution is 5.92. The Morgan fingerprint density at radius 1 is 1.26 bits per heavy atom. The number of aromatic nitrogens is 2. The van der Waals surface area contributed by atoms with Gasteiger partial charge in [-0.1, -0.05) is 12.1 Å². The number of halogens is 2. The molecule has 6 nitrogen and oxygen atoms in total. The van der Waals surface area contributed by atoms with Crippen LogP contribution in [0.5, 0.6) is 0 Å². The van der Waals surface area contributed by atoms with E-state index in [1.165, 1.54) is 12.1 Å². The zero-order valence-electron chi connectivity index (χ0n) is 15.0. The summed E-state index contributed by atoms with van der Waals surface area (Å²) < 4.78 is 20.8. The van der Waals surface area contributed by atoms with Crippen LogP contribution in [0.15, 0.2) is 36.5 Å². The Kier molecular flexibility index (Phi) is 6.46. The summed E-state index contributed by atoms with van der Waals surface area (Å²) in [6, 6.07) is 8.34. The molecule has 8 heteroatoms. The maximum atomic E-state index is 13.1. The van der Waals surface area contributed by atoms with Gasteiger partial charge in [0.25, 0.3) is 5.91 Å². The summed E-state index contributed by atoms with van der Waals surface area (Å²) in [6.07, 6.45) is 3.85. The minimum absolute atomic E-state index is 0. The van der Waals surface area contributed by atoms with Gasteiger partial charge in [-0.05, 0) is 43.1 Å². The van der Waals surface area contributed by atoms with Gasteiger partial charge in [0.1, 0.15) is 17.6 Å². The van der Waals surface area contributed by atoms with E-state index in [1.807, 2.05) is 10.9 Å². The molecule has 2 saturated heterocycles. The molecular formula is C19H24ClFN4O2. The smallest absolute Gasteiger partial charge is 0.274 e. The fraction of sp³-hybridized carbons (Fsp3) is 0.474. The van der Waals surface area contributed by atoms with E-state index in [0.717, 1.165) is 31.5 Å². The van der Waals surface area contributed by atoms with Crippen LogP contribution in [-0.2, 0) is 4.74 Å². The fourth-order valence-electron chi connectivity index (χ4n) is 3.59. The quantitative estimate of drug-likeness (QED) is 0.869. The van der Waals surface area contributed by atoms with Crippen LogP contribution >= 0.6 is 12.4 Å². The summed E-state index contributed by atoms with van der Waals surface area (Å²) >= 11 is 0. The molecule has 2 atom stereocenters. The Morgan fingerprint density at radius 3 is 2.81 bits per heavy atom. The first kappa shape index (κ1) is 19.8. The van der Waals surface area contributed by atoms with Crippen LogP contribution in [0.3, 0.4) is 0 Å². The molecule has 2 aliphatic rings. The highest BCUT2D eigenvalue weighted by Gasteiger charge is 2.28. The third-order valence-electron chi connectivity index (χ3n) is 5.07. The molecule has 0 bridgehead atoms. The average molecular weight is 395 g/mol. The standard InChI is InChI=1S/C19H23FN4O2.ClH/c20-15-5-3-14(4-6-15)18-13-23(10-11-26-18)19(25)17-7-9-24(22-17)16-2-1-8-21-12-16;/h3-7,9,16,18,21H,1-2,8,10-13H2;1H. The molecule has 0 spiro atoms. The van der Waals surface area contributed by atoms with Crippen molar-refractivity contribution < 1.29 is 13.9 Å². The second-order valence-electron chi connectivity index (χ2n) is 6.84. The minimum Gasteiger partial charge on any atom is -0.370 e. The summed E-state index contributed by atoms with van der Waals surface area (Å²) in [7, 11) is 0. The van der Waals surface area contributed by atoms with Gasteiger partial charge in [-0.2, -0.15) is 5.10 Å². The van der Waals surface area contributed by atoms with Crippen molar-refractivity contribution in [3.05, 3.63) is 53.6 Å². The van der Waals surface area contributed by atoms with E-state index in [1.54, 1.807) is 23.1 Å². The number of morpholine rings is 1. The molecule has 3 heterocycles. The molecule has 2 fully saturated rings. The molecular weight excluding hydrogens is 371 g/mol. The number of amides is 1. The number of hydrogen-bond acceptors (Lipinski definition) is 4. The zero-order chi connectivity index (χ0) is 17.9. The fourth-order valence-corrected chi connectivity index (χ4v) is 3.59. The molecule has 2 unspecified atom stereocenters. The van der Waals surface area contributed by atoms with E-state index < -0.39 is 0 Å². The van der Waals surface area contributed by atoms with Crippen LogP contribution in [-0.4, -0.2) is 53.4 Å². The number of piperidine rings is 1. The van der Waals surface area contributed by atoms with Crippen molar-refractivity contribution in [2.24, 2.45) is 0 Å². The third-order valence-corrected chi connectivity index (χ3v) is 5.07. The van der Waals surface area contributed by atoms with Gasteiger partial charge < -0.3 is 15.0 Å². The summed E-state index contributed by atoms with van der Waals surface area (Å²) in [6.45, 7) is 3.37. The Hall–Kier alpha value is -1.96.